The van der Waals surface area contributed by atoms with Gasteiger partial charge in [0.05, 0.1) is 22.7 Å². The van der Waals surface area contributed by atoms with E-state index in [-0.39, 0.29) is 0 Å². The fraction of sp³-hybridized carbons (Fsp3) is 0.125. The molecule has 0 unspecified atom stereocenters. The highest BCUT2D eigenvalue weighted by Crippen LogP contribution is 2.23. The van der Waals surface area contributed by atoms with E-state index in [1.807, 2.05) is 12.1 Å². The summed E-state index contributed by atoms with van der Waals surface area (Å²) in [5.41, 5.74) is 6.16. The number of nitrogens with one attached hydrogen (secondary N) is 1. The van der Waals surface area contributed by atoms with E-state index in [0.29, 0.717) is 5.56 Å². The highest BCUT2D eigenvalue weighted by molar-refractivity contribution is 5.81. The summed E-state index contributed by atoms with van der Waals surface area (Å²) in [6.45, 7) is 4.18. The molecule has 3 heteroatoms. The topological polar surface area (TPSA) is 52.5 Å². The smallest absolute Gasteiger partial charge is 0.138 e. The van der Waals surface area contributed by atoms with Crippen LogP contribution in [0, 0.1) is 25.2 Å². The standard InChI is InChI=1S/C16H13N3/c1-10-7-14-15(8-11(10)2)19-16(18-14)13-5-3-12(9-17)4-6-13/h3-8H,1-2H3,(H,18,19). The first-order chi connectivity index (χ1) is 9.17. The summed E-state index contributed by atoms with van der Waals surface area (Å²) in [6.07, 6.45) is 0. The Morgan fingerprint density at radius 1 is 1.05 bits per heavy atom. The molecule has 3 aromatic rings. The van der Waals surface area contributed by atoms with Gasteiger partial charge in [0.25, 0.3) is 0 Å². The van der Waals surface area contributed by atoms with E-state index >= 15 is 0 Å². The summed E-state index contributed by atoms with van der Waals surface area (Å²) in [4.78, 5) is 7.93. The molecule has 2 aromatic carbocycles. The Hall–Kier alpha value is -2.60. The Morgan fingerprint density at radius 2 is 1.74 bits per heavy atom. The largest absolute Gasteiger partial charge is 0.338 e. The second-order valence-electron chi connectivity index (χ2n) is 4.73. The van der Waals surface area contributed by atoms with Crippen LogP contribution in [0.15, 0.2) is 36.4 Å². The van der Waals surface area contributed by atoms with Crippen LogP contribution in [-0.4, -0.2) is 9.97 Å². The van der Waals surface area contributed by atoms with Crippen molar-refractivity contribution in [1.29, 1.82) is 5.26 Å². The summed E-state index contributed by atoms with van der Waals surface area (Å²) >= 11 is 0. The molecular formula is C16H13N3. The molecule has 3 rings (SSSR count). The van der Waals surface area contributed by atoms with E-state index in [4.69, 9.17) is 5.26 Å². The molecule has 92 valence electrons. The summed E-state index contributed by atoms with van der Waals surface area (Å²) in [5, 5.41) is 8.80. The SMILES string of the molecule is Cc1cc2nc(-c3ccc(C#N)cc3)[nH]c2cc1C. The van der Waals surface area contributed by atoms with Crippen LogP contribution in [0.3, 0.4) is 0 Å². The first-order valence-corrected chi connectivity index (χ1v) is 6.15. The van der Waals surface area contributed by atoms with Crippen LogP contribution in [-0.2, 0) is 0 Å². The number of aromatic amines is 1. The van der Waals surface area contributed by atoms with Crippen LogP contribution < -0.4 is 0 Å². The molecule has 0 saturated heterocycles. The molecule has 19 heavy (non-hydrogen) atoms. The maximum absolute atomic E-state index is 8.80. The first kappa shape index (κ1) is 11.5. The molecule has 0 fully saturated rings. The summed E-state index contributed by atoms with van der Waals surface area (Å²) < 4.78 is 0. The first-order valence-electron chi connectivity index (χ1n) is 6.15. The molecule has 0 radical (unpaired) electrons. The van der Waals surface area contributed by atoms with Crippen molar-refractivity contribution in [3.05, 3.63) is 53.1 Å². The van der Waals surface area contributed by atoms with Crippen molar-refractivity contribution in [2.75, 3.05) is 0 Å². The van der Waals surface area contributed by atoms with Crippen LogP contribution in [0.2, 0.25) is 0 Å². The molecule has 0 atom stereocenters. The van der Waals surface area contributed by atoms with E-state index in [1.54, 1.807) is 12.1 Å². The minimum absolute atomic E-state index is 0.659. The molecule has 1 heterocycles. The van der Waals surface area contributed by atoms with Crippen molar-refractivity contribution in [2.24, 2.45) is 0 Å². The van der Waals surface area contributed by atoms with Gasteiger partial charge in [0, 0.05) is 5.56 Å². The molecule has 0 amide bonds. The highest BCUT2D eigenvalue weighted by atomic mass is 14.9. The average Bonchev–Trinajstić information content (AvgIpc) is 2.82. The third kappa shape index (κ3) is 1.98. The number of benzene rings is 2. The zero-order valence-corrected chi connectivity index (χ0v) is 10.9. The maximum Gasteiger partial charge on any atom is 0.138 e. The van der Waals surface area contributed by atoms with E-state index in [9.17, 15) is 0 Å². The highest BCUT2D eigenvalue weighted by Gasteiger charge is 2.06. The molecule has 0 saturated carbocycles. The van der Waals surface area contributed by atoms with Crippen LogP contribution in [0.4, 0.5) is 0 Å². The Balaban J connectivity index is 2.12. The number of fused-ring (bicyclic) bond motifs is 1. The number of aryl methyl sites for hydroxylation is 2. The number of hydrogen-bond acceptors (Lipinski definition) is 2. The van der Waals surface area contributed by atoms with E-state index < -0.39 is 0 Å². The number of nitriles is 1. The van der Waals surface area contributed by atoms with Gasteiger partial charge in [-0.25, -0.2) is 4.98 Å². The summed E-state index contributed by atoms with van der Waals surface area (Å²) in [5.74, 6) is 0.837. The van der Waals surface area contributed by atoms with Gasteiger partial charge in [0.2, 0.25) is 0 Å². The Bertz CT molecular complexity index is 750. The van der Waals surface area contributed by atoms with E-state index in [1.165, 1.54) is 11.1 Å². The van der Waals surface area contributed by atoms with Crippen molar-refractivity contribution in [1.82, 2.24) is 9.97 Å². The molecular weight excluding hydrogens is 234 g/mol. The van der Waals surface area contributed by atoms with Gasteiger partial charge < -0.3 is 4.98 Å². The van der Waals surface area contributed by atoms with Gasteiger partial charge in [-0.1, -0.05) is 0 Å². The molecule has 1 aromatic heterocycles. The molecule has 1 N–H and O–H groups in total. The van der Waals surface area contributed by atoms with Crippen molar-refractivity contribution in [3.63, 3.8) is 0 Å². The molecule has 3 nitrogen and oxygen atoms in total. The normalized spacial score (nSPS) is 10.6. The predicted octanol–water partition coefficient (Wildman–Crippen LogP) is 3.72. The van der Waals surface area contributed by atoms with Crippen LogP contribution in [0.5, 0.6) is 0 Å². The molecule has 0 spiro atoms. The van der Waals surface area contributed by atoms with Gasteiger partial charge in [-0.3, -0.25) is 0 Å². The van der Waals surface area contributed by atoms with Crippen molar-refractivity contribution >= 4 is 11.0 Å². The van der Waals surface area contributed by atoms with Gasteiger partial charge in [-0.2, -0.15) is 5.26 Å². The van der Waals surface area contributed by atoms with Crippen molar-refractivity contribution in [3.8, 4) is 17.5 Å². The quantitative estimate of drug-likeness (QED) is 0.712. The third-order valence-electron chi connectivity index (χ3n) is 3.38. The van der Waals surface area contributed by atoms with Gasteiger partial charge in [-0.05, 0) is 61.4 Å². The van der Waals surface area contributed by atoms with Gasteiger partial charge in [-0.15, -0.1) is 0 Å². The molecule has 0 aliphatic heterocycles. The monoisotopic (exact) mass is 247 g/mol. The Morgan fingerprint density at radius 3 is 2.42 bits per heavy atom. The minimum Gasteiger partial charge on any atom is -0.338 e. The second kappa shape index (κ2) is 4.25. The third-order valence-corrected chi connectivity index (χ3v) is 3.38. The number of nitrogens with zero attached hydrogens (tertiary/aromatic N) is 2. The molecule has 0 aliphatic rings. The zero-order chi connectivity index (χ0) is 13.4. The summed E-state index contributed by atoms with van der Waals surface area (Å²) in [7, 11) is 0. The lowest BCUT2D eigenvalue weighted by molar-refractivity contribution is 1.33. The van der Waals surface area contributed by atoms with Gasteiger partial charge >= 0.3 is 0 Å². The van der Waals surface area contributed by atoms with E-state index in [2.05, 4.69) is 42.0 Å². The molecule has 0 aliphatic carbocycles. The van der Waals surface area contributed by atoms with Crippen LogP contribution in [0.25, 0.3) is 22.4 Å². The Labute approximate surface area is 111 Å². The van der Waals surface area contributed by atoms with Crippen LogP contribution >= 0.6 is 0 Å². The molecule has 0 bridgehead atoms. The number of hydrogen-bond donors (Lipinski definition) is 1. The van der Waals surface area contributed by atoms with Crippen molar-refractivity contribution < 1.29 is 0 Å². The van der Waals surface area contributed by atoms with E-state index in [0.717, 1.165) is 22.4 Å². The summed E-state index contributed by atoms with van der Waals surface area (Å²) in [6, 6.07) is 13.8. The lowest BCUT2D eigenvalue weighted by atomic mass is 10.1. The number of rotatable bonds is 1. The number of H-pyrrole nitrogens is 1. The lowest BCUT2D eigenvalue weighted by Crippen LogP contribution is -1.80. The van der Waals surface area contributed by atoms with Gasteiger partial charge in [0.1, 0.15) is 5.82 Å². The minimum atomic E-state index is 0.659. The lowest BCUT2D eigenvalue weighted by Gasteiger charge is -1.97. The number of aromatic nitrogens is 2. The predicted molar refractivity (Wildman–Crippen MR) is 75.7 cm³/mol. The average molecular weight is 247 g/mol. The fourth-order valence-corrected chi connectivity index (χ4v) is 2.11. The Kier molecular flexibility index (Phi) is 2.57. The second-order valence-corrected chi connectivity index (χ2v) is 4.73. The van der Waals surface area contributed by atoms with Crippen LogP contribution in [0.1, 0.15) is 16.7 Å². The number of imidazole rings is 1. The fourth-order valence-electron chi connectivity index (χ4n) is 2.11. The van der Waals surface area contributed by atoms with Crippen molar-refractivity contribution in [2.45, 2.75) is 13.8 Å². The zero-order valence-electron chi connectivity index (χ0n) is 10.9. The maximum atomic E-state index is 8.80. The van der Waals surface area contributed by atoms with Gasteiger partial charge in [0.15, 0.2) is 0 Å².